The van der Waals surface area contributed by atoms with E-state index in [4.69, 9.17) is 14.2 Å². The fourth-order valence-electron chi connectivity index (χ4n) is 1.78. The second kappa shape index (κ2) is 7.49. The molecule has 0 radical (unpaired) electrons. The van der Waals surface area contributed by atoms with Gasteiger partial charge >= 0.3 is 5.97 Å². The molecule has 24 heavy (non-hydrogen) atoms. The smallest absolute Gasteiger partial charge is 0.357 e. The summed E-state index contributed by atoms with van der Waals surface area (Å²) < 4.78 is 42.4. The number of nitrogens with one attached hydrogen (secondary N) is 1. The fourth-order valence-corrected chi connectivity index (χ4v) is 3.90. The second-order valence-electron chi connectivity index (χ2n) is 4.38. The Morgan fingerprint density at radius 1 is 1.29 bits per heavy atom. The highest BCUT2D eigenvalue weighted by molar-refractivity contribution is 7.93. The molecule has 2 aromatic rings. The number of thiazole rings is 1. The van der Waals surface area contributed by atoms with Crippen LogP contribution < -0.4 is 14.2 Å². The number of benzene rings is 1. The van der Waals surface area contributed by atoms with Gasteiger partial charge in [-0.15, -0.1) is 11.3 Å². The zero-order valence-electron chi connectivity index (χ0n) is 13.2. The number of carbonyl (C=O) groups excluding carboxylic acids is 1. The van der Waals surface area contributed by atoms with Crippen molar-refractivity contribution in [3.8, 4) is 11.5 Å². The number of nitrogens with zero attached hydrogens (tertiary/aromatic N) is 1. The molecule has 0 fully saturated rings. The molecular weight excluding hydrogens is 356 g/mol. The number of sulfonamides is 1. The monoisotopic (exact) mass is 372 g/mol. The minimum atomic E-state index is -3.97. The van der Waals surface area contributed by atoms with Crippen LogP contribution in [-0.4, -0.2) is 40.2 Å². The summed E-state index contributed by atoms with van der Waals surface area (Å²) in [7, 11) is -1.18. The topological polar surface area (TPSA) is 104 Å². The lowest BCUT2D eigenvalue weighted by Crippen LogP contribution is -2.14. The van der Waals surface area contributed by atoms with Crippen LogP contribution in [0.2, 0.25) is 0 Å². The van der Waals surface area contributed by atoms with Gasteiger partial charge in [-0.05, 0) is 19.1 Å². The summed E-state index contributed by atoms with van der Waals surface area (Å²) in [4.78, 5) is 15.4. The largest absolute Gasteiger partial charge is 0.497 e. The van der Waals surface area contributed by atoms with E-state index in [0.29, 0.717) is 5.75 Å². The lowest BCUT2D eigenvalue weighted by molar-refractivity contribution is 0.0520. The first kappa shape index (κ1) is 18.0. The maximum atomic E-state index is 12.6. The predicted molar refractivity (Wildman–Crippen MR) is 88.4 cm³/mol. The second-order valence-corrected chi connectivity index (χ2v) is 6.89. The Morgan fingerprint density at radius 3 is 2.67 bits per heavy atom. The van der Waals surface area contributed by atoms with Gasteiger partial charge in [-0.2, -0.15) is 0 Å². The number of anilines is 1. The van der Waals surface area contributed by atoms with E-state index in [1.54, 1.807) is 13.0 Å². The van der Waals surface area contributed by atoms with Crippen LogP contribution in [0.15, 0.2) is 28.5 Å². The van der Waals surface area contributed by atoms with Crippen molar-refractivity contribution in [3.05, 3.63) is 29.3 Å². The molecule has 0 aliphatic carbocycles. The number of rotatable bonds is 7. The molecule has 0 spiro atoms. The molecule has 0 saturated heterocycles. The van der Waals surface area contributed by atoms with Crippen molar-refractivity contribution in [1.82, 2.24) is 4.98 Å². The molecule has 1 aromatic carbocycles. The zero-order valence-corrected chi connectivity index (χ0v) is 14.9. The molecule has 1 N–H and O–H groups in total. The Morgan fingerprint density at radius 2 is 2.04 bits per heavy atom. The Bertz CT molecular complexity index is 832. The molecule has 0 aliphatic heterocycles. The maximum absolute atomic E-state index is 12.6. The molecule has 1 aromatic heterocycles. The molecule has 0 saturated carbocycles. The van der Waals surface area contributed by atoms with Gasteiger partial charge in [0.1, 0.15) is 16.4 Å². The third-order valence-electron chi connectivity index (χ3n) is 2.87. The molecule has 10 heteroatoms. The van der Waals surface area contributed by atoms with Gasteiger partial charge in [-0.3, -0.25) is 4.72 Å². The third kappa shape index (κ3) is 3.95. The molecule has 1 heterocycles. The minimum absolute atomic E-state index is 0.0390. The Hall–Kier alpha value is -2.33. The first-order valence-corrected chi connectivity index (χ1v) is 9.15. The average Bonchev–Trinajstić information content (AvgIpc) is 3.02. The third-order valence-corrected chi connectivity index (χ3v) is 5.12. The van der Waals surface area contributed by atoms with E-state index in [2.05, 4.69) is 9.71 Å². The van der Waals surface area contributed by atoms with Gasteiger partial charge in [0, 0.05) is 11.4 Å². The van der Waals surface area contributed by atoms with Crippen LogP contribution in [0.1, 0.15) is 17.4 Å². The summed E-state index contributed by atoms with van der Waals surface area (Å²) in [6.07, 6.45) is 0. The summed E-state index contributed by atoms with van der Waals surface area (Å²) in [6, 6.07) is 4.40. The van der Waals surface area contributed by atoms with Crippen LogP contribution in [0.4, 0.5) is 5.13 Å². The lowest BCUT2D eigenvalue weighted by atomic mass is 10.3. The van der Waals surface area contributed by atoms with Crippen LogP contribution in [0.3, 0.4) is 0 Å². The summed E-state index contributed by atoms with van der Waals surface area (Å²) in [6.45, 7) is 1.88. The van der Waals surface area contributed by atoms with Gasteiger partial charge in [0.05, 0.1) is 20.8 Å². The molecular formula is C14H16N2O6S2. The first-order valence-electron chi connectivity index (χ1n) is 6.78. The standard InChI is InChI=1S/C14H16N2O6S2/c1-4-22-13(17)10-8-23-14(15-10)16-24(18,19)12-7-9(20-2)5-6-11(12)21-3/h5-8H,4H2,1-3H3,(H,15,16). The Labute approximate surface area is 143 Å². The summed E-state index contributed by atoms with van der Waals surface area (Å²) in [5, 5.41) is 1.46. The summed E-state index contributed by atoms with van der Waals surface area (Å²) >= 11 is 0.974. The van der Waals surface area contributed by atoms with E-state index < -0.39 is 16.0 Å². The molecule has 8 nitrogen and oxygen atoms in total. The highest BCUT2D eigenvalue weighted by Gasteiger charge is 2.23. The number of hydrogen-bond acceptors (Lipinski definition) is 8. The van der Waals surface area contributed by atoms with Crippen molar-refractivity contribution in [2.75, 3.05) is 25.5 Å². The zero-order chi connectivity index (χ0) is 17.7. The van der Waals surface area contributed by atoms with E-state index in [-0.39, 0.29) is 28.1 Å². The van der Waals surface area contributed by atoms with Crippen LogP contribution in [0.5, 0.6) is 11.5 Å². The van der Waals surface area contributed by atoms with Crippen LogP contribution >= 0.6 is 11.3 Å². The van der Waals surface area contributed by atoms with Gasteiger partial charge in [-0.25, -0.2) is 18.2 Å². The van der Waals surface area contributed by atoms with Gasteiger partial charge in [0.2, 0.25) is 0 Å². The quantitative estimate of drug-likeness (QED) is 0.743. The van der Waals surface area contributed by atoms with Crippen molar-refractivity contribution in [3.63, 3.8) is 0 Å². The van der Waals surface area contributed by atoms with E-state index in [1.807, 2.05) is 0 Å². The molecule has 2 rings (SSSR count). The van der Waals surface area contributed by atoms with Crippen LogP contribution in [0, 0.1) is 0 Å². The number of hydrogen-bond donors (Lipinski definition) is 1. The van der Waals surface area contributed by atoms with E-state index in [9.17, 15) is 13.2 Å². The van der Waals surface area contributed by atoms with Crippen molar-refractivity contribution in [2.24, 2.45) is 0 Å². The number of ether oxygens (including phenoxy) is 3. The van der Waals surface area contributed by atoms with Crippen molar-refractivity contribution in [2.45, 2.75) is 11.8 Å². The van der Waals surface area contributed by atoms with Gasteiger partial charge in [0.15, 0.2) is 10.8 Å². The molecule has 0 bridgehead atoms. The highest BCUT2D eigenvalue weighted by atomic mass is 32.2. The first-order chi connectivity index (χ1) is 11.4. The summed E-state index contributed by atoms with van der Waals surface area (Å²) in [5.74, 6) is -0.0915. The lowest BCUT2D eigenvalue weighted by Gasteiger charge is -2.11. The Balaban J connectivity index is 2.30. The highest BCUT2D eigenvalue weighted by Crippen LogP contribution is 2.30. The average molecular weight is 372 g/mol. The van der Waals surface area contributed by atoms with Gasteiger partial charge in [0.25, 0.3) is 10.0 Å². The predicted octanol–water partition coefficient (Wildman–Crippen LogP) is 2.14. The molecule has 0 amide bonds. The summed E-state index contributed by atoms with van der Waals surface area (Å²) in [5.41, 5.74) is 0.0390. The van der Waals surface area contributed by atoms with E-state index in [0.717, 1.165) is 11.3 Å². The molecule has 0 atom stereocenters. The van der Waals surface area contributed by atoms with Gasteiger partial charge < -0.3 is 14.2 Å². The minimum Gasteiger partial charge on any atom is -0.497 e. The fraction of sp³-hybridized carbons (Fsp3) is 0.286. The van der Waals surface area contributed by atoms with Crippen LogP contribution in [-0.2, 0) is 14.8 Å². The van der Waals surface area contributed by atoms with E-state index >= 15 is 0 Å². The number of aromatic nitrogens is 1. The maximum Gasteiger partial charge on any atom is 0.357 e. The van der Waals surface area contributed by atoms with Gasteiger partial charge in [-0.1, -0.05) is 0 Å². The number of esters is 1. The number of methoxy groups -OCH3 is 2. The van der Waals surface area contributed by atoms with Crippen molar-refractivity contribution in [1.29, 1.82) is 0 Å². The Kier molecular flexibility index (Phi) is 5.62. The van der Waals surface area contributed by atoms with Crippen molar-refractivity contribution < 1.29 is 27.4 Å². The van der Waals surface area contributed by atoms with Crippen LogP contribution in [0.25, 0.3) is 0 Å². The molecule has 0 aliphatic rings. The van der Waals surface area contributed by atoms with E-state index in [1.165, 1.54) is 31.7 Å². The molecule has 130 valence electrons. The number of carbonyl (C=O) groups is 1. The molecule has 0 unspecified atom stereocenters. The van der Waals surface area contributed by atoms with Crippen molar-refractivity contribution >= 4 is 32.5 Å². The normalized spacial score (nSPS) is 11.0. The SMILES string of the molecule is CCOC(=O)c1csc(NS(=O)(=O)c2cc(OC)ccc2OC)n1.